The normalized spacial score (nSPS) is 16.5. The second-order valence-electron chi connectivity index (χ2n) is 4.58. The number of amides is 1. The molecule has 1 N–H and O–H groups in total. The fourth-order valence-electron chi connectivity index (χ4n) is 2.40. The summed E-state index contributed by atoms with van der Waals surface area (Å²) in [6, 6.07) is 8.12. The molecule has 3 rings (SSSR count). The molecule has 0 atom stereocenters. The number of fused-ring (bicyclic) bond motifs is 1. The summed E-state index contributed by atoms with van der Waals surface area (Å²) in [7, 11) is 1.94. The number of hydrogen-bond donors (Lipinski definition) is 1. The van der Waals surface area contributed by atoms with E-state index in [4.69, 9.17) is 0 Å². The predicted molar refractivity (Wildman–Crippen MR) is 69.0 cm³/mol. The maximum atomic E-state index is 11.8. The largest absolute Gasteiger partial charge is 0.334 e. The van der Waals surface area contributed by atoms with Crippen molar-refractivity contribution in [3.63, 3.8) is 0 Å². The minimum Gasteiger partial charge on any atom is -0.334 e. The molecule has 5 nitrogen and oxygen atoms in total. The average molecular weight is 244 g/mol. The Morgan fingerprint density at radius 3 is 3.06 bits per heavy atom. The van der Waals surface area contributed by atoms with Gasteiger partial charge in [-0.05, 0) is 6.07 Å². The number of para-hydroxylation sites is 1. The van der Waals surface area contributed by atoms with Crippen molar-refractivity contribution in [1.29, 1.82) is 0 Å². The molecule has 1 amide bonds. The first-order chi connectivity index (χ1) is 8.75. The molecule has 1 aromatic heterocycles. The molecular weight excluding hydrogens is 228 g/mol. The van der Waals surface area contributed by atoms with Gasteiger partial charge in [0.05, 0.1) is 24.3 Å². The Morgan fingerprint density at radius 2 is 2.22 bits per heavy atom. The van der Waals surface area contributed by atoms with Gasteiger partial charge in [0.25, 0.3) is 0 Å². The Bertz CT molecular complexity index is 590. The zero-order valence-electron chi connectivity index (χ0n) is 10.4. The Morgan fingerprint density at radius 1 is 1.39 bits per heavy atom. The summed E-state index contributed by atoms with van der Waals surface area (Å²) in [5, 5.41) is 8.73. The van der Waals surface area contributed by atoms with Gasteiger partial charge in [-0.3, -0.25) is 9.48 Å². The van der Waals surface area contributed by atoms with E-state index in [-0.39, 0.29) is 5.91 Å². The van der Waals surface area contributed by atoms with Gasteiger partial charge in [0.1, 0.15) is 0 Å². The summed E-state index contributed by atoms with van der Waals surface area (Å²) in [5.74, 6) is 0.149. The van der Waals surface area contributed by atoms with Crippen LogP contribution in [-0.2, 0) is 18.4 Å². The van der Waals surface area contributed by atoms with Crippen LogP contribution in [0.3, 0.4) is 0 Å². The Labute approximate surface area is 105 Å². The van der Waals surface area contributed by atoms with Gasteiger partial charge in [0.2, 0.25) is 5.91 Å². The number of carbonyl (C=O) groups is 1. The van der Waals surface area contributed by atoms with Crippen molar-refractivity contribution < 1.29 is 4.79 Å². The zero-order chi connectivity index (χ0) is 12.5. The molecule has 1 fully saturated rings. The van der Waals surface area contributed by atoms with Crippen LogP contribution in [0.5, 0.6) is 0 Å². The van der Waals surface area contributed by atoms with Crippen LogP contribution in [0.15, 0.2) is 24.3 Å². The number of carbonyl (C=O) groups excluding carboxylic acids is 1. The van der Waals surface area contributed by atoms with Gasteiger partial charge in [0, 0.05) is 25.5 Å². The van der Waals surface area contributed by atoms with Crippen LogP contribution in [0, 0.1) is 0 Å². The summed E-state index contributed by atoms with van der Waals surface area (Å²) in [4.78, 5) is 13.6. The molecule has 0 radical (unpaired) electrons. The van der Waals surface area contributed by atoms with Gasteiger partial charge in [0.15, 0.2) is 0 Å². The summed E-state index contributed by atoms with van der Waals surface area (Å²) >= 11 is 0. The SMILES string of the molecule is Cn1nc(CN2CCNCC2=O)c2ccccc21. The second kappa shape index (κ2) is 4.42. The Hall–Kier alpha value is -1.88. The standard InChI is InChI=1S/C13H16N4O/c1-16-12-5-3-2-4-10(12)11(15-16)9-17-7-6-14-8-13(17)18/h2-5,14H,6-9H2,1H3. The summed E-state index contributed by atoms with van der Waals surface area (Å²) < 4.78 is 1.87. The van der Waals surface area contributed by atoms with Crippen molar-refractivity contribution in [1.82, 2.24) is 20.0 Å². The Balaban J connectivity index is 1.92. The average Bonchev–Trinajstić information content (AvgIpc) is 2.70. The van der Waals surface area contributed by atoms with Gasteiger partial charge in [-0.1, -0.05) is 18.2 Å². The van der Waals surface area contributed by atoms with E-state index in [1.54, 1.807) is 0 Å². The molecule has 1 saturated heterocycles. The number of hydrogen-bond acceptors (Lipinski definition) is 3. The molecule has 0 unspecified atom stereocenters. The van der Waals surface area contributed by atoms with Gasteiger partial charge < -0.3 is 10.2 Å². The lowest BCUT2D eigenvalue weighted by atomic mass is 10.2. The quantitative estimate of drug-likeness (QED) is 0.837. The van der Waals surface area contributed by atoms with Crippen LogP contribution in [0.25, 0.3) is 10.9 Å². The van der Waals surface area contributed by atoms with Crippen molar-refractivity contribution in [2.24, 2.45) is 7.05 Å². The van der Waals surface area contributed by atoms with Gasteiger partial charge >= 0.3 is 0 Å². The van der Waals surface area contributed by atoms with Gasteiger partial charge in [-0.2, -0.15) is 5.10 Å². The maximum absolute atomic E-state index is 11.8. The number of benzene rings is 1. The summed E-state index contributed by atoms with van der Waals surface area (Å²) in [5.41, 5.74) is 2.08. The first kappa shape index (κ1) is 11.2. The number of nitrogens with one attached hydrogen (secondary N) is 1. The fourth-order valence-corrected chi connectivity index (χ4v) is 2.40. The van der Waals surface area contributed by atoms with Crippen LogP contribution in [0.2, 0.25) is 0 Å². The highest BCUT2D eigenvalue weighted by atomic mass is 16.2. The predicted octanol–water partition coefficient (Wildman–Crippen LogP) is 0.505. The molecule has 1 aromatic carbocycles. The third-order valence-corrected chi connectivity index (χ3v) is 3.36. The number of nitrogens with zero attached hydrogens (tertiary/aromatic N) is 3. The first-order valence-corrected chi connectivity index (χ1v) is 6.15. The lowest BCUT2D eigenvalue weighted by molar-refractivity contribution is -0.132. The molecule has 0 aliphatic carbocycles. The van der Waals surface area contributed by atoms with E-state index in [0.717, 1.165) is 29.7 Å². The smallest absolute Gasteiger partial charge is 0.236 e. The van der Waals surface area contributed by atoms with Gasteiger partial charge in [-0.25, -0.2) is 0 Å². The number of piperazine rings is 1. The second-order valence-corrected chi connectivity index (χ2v) is 4.58. The minimum absolute atomic E-state index is 0.149. The van der Waals surface area contributed by atoms with Gasteiger partial charge in [-0.15, -0.1) is 0 Å². The van der Waals surface area contributed by atoms with Crippen LogP contribution < -0.4 is 5.32 Å². The highest BCUT2D eigenvalue weighted by Gasteiger charge is 2.20. The zero-order valence-corrected chi connectivity index (χ0v) is 10.4. The van der Waals surface area contributed by atoms with E-state index in [9.17, 15) is 4.79 Å². The highest BCUT2D eigenvalue weighted by molar-refractivity contribution is 5.83. The number of rotatable bonds is 2. The number of aryl methyl sites for hydroxylation is 1. The molecule has 5 heteroatoms. The molecule has 0 spiro atoms. The van der Waals surface area contributed by atoms with Crippen molar-refractivity contribution in [2.45, 2.75) is 6.54 Å². The Kier molecular flexibility index (Phi) is 2.76. The third kappa shape index (κ3) is 1.86. The van der Waals surface area contributed by atoms with Crippen LogP contribution >= 0.6 is 0 Å². The van der Waals surface area contributed by atoms with E-state index >= 15 is 0 Å². The molecule has 1 aliphatic rings. The highest BCUT2D eigenvalue weighted by Crippen LogP contribution is 2.19. The van der Waals surface area contributed by atoms with Crippen molar-refractivity contribution in [3.05, 3.63) is 30.0 Å². The monoisotopic (exact) mass is 244 g/mol. The molecule has 2 heterocycles. The summed E-state index contributed by atoms with van der Waals surface area (Å²) in [6.45, 7) is 2.65. The summed E-state index contributed by atoms with van der Waals surface area (Å²) in [6.07, 6.45) is 0. The maximum Gasteiger partial charge on any atom is 0.236 e. The lowest BCUT2D eigenvalue weighted by Crippen LogP contribution is -2.47. The fraction of sp³-hybridized carbons (Fsp3) is 0.385. The van der Waals surface area contributed by atoms with E-state index in [2.05, 4.69) is 16.5 Å². The minimum atomic E-state index is 0.149. The molecule has 0 saturated carbocycles. The van der Waals surface area contributed by atoms with Crippen LogP contribution in [0.4, 0.5) is 0 Å². The molecule has 94 valence electrons. The first-order valence-electron chi connectivity index (χ1n) is 6.15. The molecule has 0 bridgehead atoms. The van der Waals surface area contributed by atoms with E-state index in [1.807, 2.05) is 34.8 Å². The van der Waals surface area contributed by atoms with E-state index < -0.39 is 0 Å². The molecular formula is C13H16N4O. The van der Waals surface area contributed by atoms with Crippen molar-refractivity contribution in [3.8, 4) is 0 Å². The van der Waals surface area contributed by atoms with Crippen LogP contribution in [-0.4, -0.2) is 40.2 Å². The molecule has 18 heavy (non-hydrogen) atoms. The van der Waals surface area contributed by atoms with Crippen LogP contribution in [0.1, 0.15) is 5.69 Å². The molecule has 2 aromatic rings. The van der Waals surface area contributed by atoms with Crippen molar-refractivity contribution in [2.75, 3.05) is 19.6 Å². The topological polar surface area (TPSA) is 50.2 Å². The lowest BCUT2D eigenvalue weighted by Gasteiger charge is -2.26. The number of aromatic nitrogens is 2. The van der Waals surface area contributed by atoms with E-state index in [0.29, 0.717) is 13.1 Å². The van der Waals surface area contributed by atoms with Crippen molar-refractivity contribution >= 4 is 16.8 Å². The molecule has 1 aliphatic heterocycles. The third-order valence-electron chi connectivity index (χ3n) is 3.36. The van der Waals surface area contributed by atoms with E-state index in [1.165, 1.54) is 0 Å².